The van der Waals surface area contributed by atoms with Gasteiger partial charge in [0.05, 0.1) is 0 Å². The molecule has 1 N–H and O–H groups in total. The summed E-state index contributed by atoms with van der Waals surface area (Å²) in [6.45, 7) is 8.24. The van der Waals surface area contributed by atoms with Crippen LogP contribution in [0.3, 0.4) is 0 Å². The molecule has 1 atom stereocenters. The normalized spacial score (nSPS) is 21.5. The highest BCUT2D eigenvalue weighted by Crippen LogP contribution is 2.22. The smallest absolute Gasteiger partial charge is 0.267 e. The summed E-state index contributed by atoms with van der Waals surface area (Å²) in [5.74, 6) is 0.557. The topological polar surface area (TPSA) is 74.7 Å². The summed E-state index contributed by atoms with van der Waals surface area (Å²) in [6, 6.07) is 1.78. The standard InChI is InChI=1S/C20H34N4O3S/c1-16-7-11-23(12-8-16)17(2)14-21-20(25)19-13-18(15-22(19)3)28(26,27)24-9-5-4-6-10-24/h13,15-17H,4-12,14H2,1-3H3,(H,21,25). The van der Waals surface area contributed by atoms with E-state index in [0.29, 0.717) is 25.3 Å². The van der Waals surface area contributed by atoms with Gasteiger partial charge in [-0.2, -0.15) is 4.31 Å². The number of nitrogens with one attached hydrogen (secondary N) is 1. The van der Waals surface area contributed by atoms with Crippen molar-refractivity contribution in [3.05, 3.63) is 18.0 Å². The number of amides is 1. The monoisotopic (exact) mass is 410 g/mol. The Morgan fingerprint density at radius 2 is 1.82 bits per heavy atom. The van der Waals surface area contributed by atoms with Gasteiger partial charge in [0.1, 0.15) is 10.6 Å². The van der Waals surface area contributed by atoms with E-state index in [1.807, 2.05) is 0 Å². The molecule has 1 unspecified atom stereocenters. The molecule has 8 heteroatoms. The lowest BCUT2D eigenvalue weighted by atomic mass is 9.98. The number of hydrogen-bond acceptors (Lipinski definition) is 4. The molecule has 0 bridgehead atoms. The Morgan fingerprint density at radius 3 is 2.46 bits per heavy atom. The number of hydrogen-bond donors (Lipinski definition) is 1. The van der Waals surface area contributed by atoms with E-state index in [0.717, 1.165) is 38.3 Å². The molecule has 1 amide bonds. The van der Waals surface area contributed by atoms with Crippen LogP contribution in [0.5, 0.6) is 0 Å². The third-order valence-electron chi connectivity index (χ3n) is 6.16. The zero-order chi connectivity index (χ0) is 20.3. The average Bonchev–Trinajstić information content (AvgIpc) is 3.09. The number of aromatic nitrogens is 1. The number of likely N-dealkylation sites (tertiary alicyclic amines) is 1. The number of aryl methyl sites for hydroxylation is 1. The predicted molar refractivity (Wildman–Crippen MR) is 110 cm³/mol. The summed E-state index contributed by atoms with van der Waals surface area (Å²) in [4.78, 5) is 15.3. The molecule has 7 nitrogen and oxygen atoms in total. The van der Waals surface area contributed by atoms with Gasteiger partial charge in [0.25, 0.3) is 5.91 Å². The average molecular weight is 411 g/mol. The molecule has 2 aliphatic heterocycles. The highest BCUT2D eigenvalue weighted by atomic mass is 32.2. The molecule has 0 radical (unpaired) electrons. The van der Waals surface area contributed by atoms with Crippen molar-refractivity contribution in [1.29, 1.82) is 0 Å². The minimum absolute atomic E-state index is 0.208. The Balaban J connectivity index is 1.61. The van der Waals surface area contributed by atoms with Gasteiger partial charge >= 0.3 is 0 Å². The lowest BCUT2D eigenvalue weighted by Crippen LogP contribution is -2.45. The molecule has 0 spiro atoms. The van der Waals surface area contributed by atoms with Crippen molar-refractivity contribution in [3.8, 4) is 0 Å². The summed E-state index contributed by atoms with van der Waals surface area (Å²) in [5.41, 5.74) is 0.384. The van der Waals surface area contributed by atoms with Crippen molar-refractivity contribution < 1.29 is 13.2 Å². The second kappa shape index (κ2) is 8.97. The number of nitrogens with zero attached hydrogens (tertiary/aromatic N) is 3. The fraction of sp³-hybridized carbons (Fsp3) is 0.750. The van der Waals surface area contributed by atoms with Crippen molar-refractivity contribution in [2.75, 3.05) is 32.7 Å². The largest absolute Gasteiger partial charge is 0.349 e. The van der Waals surface area contributed by atoms with E-state index in [-0.39, 0.29) is 16.8 Å². The molecule has 0 saturated carbocycles. The molecule has 2 saturated heterocycles. The maximum Gasteiger partial charge on any atom is 0.267 e. The number of sulfonamides is 1. The molecular formula is C20H34N4O3S. The highest BCUT2D eigenvalue weighted by molar-refractivity contribution is 7.89. The van der Waals surface area contributed by atoms with E-state index in [1.54, 1.807) is 17.8 Å². The van der Waals surface area contributed by atoms with Crippen molar-refractivity contribution in [2.45, 2.75) is 56.9 Å². The number of carbonyl (C=O) groups is 1. The maximum atomic E-state index is 12.8. The third kappa shape index (κ3) is 4.78. The van der Waals surface area contributed by atoms with Gasteiger partial charge in [-0.3, -0.25) is 9.69 Å². The van der Waals surface area contributed by atoms with Crippen molar-refractivity contribution in [1.82, 2.24) is 19.1 Å². The molecule has 158 valence electrons. The van der Waals surface area contributed by atoms with Gasteiger partial charge in [-0.1, -0.05) is 13.3 Å². The van der Waals surface area contributed by atoms with E-state index in [1.165, 1.54) is 23.2 Å². The molecule has 28 heavy (non-hydrogen) atoms. The summed E-state index contributed by atoms with van der Waals surface area (Å²) >= 11 is 0. The van der Waals surface area contributed by atoms with Gasteiger partial charge in [0.2, 0.25) is 10.0 Å². The van der Waals surface area contributed by atoms with E-state index < -0.39 is 10.0 Å². The molecule has 2 fully saturated rings. The fourth-order valence-corrected chi connectivity index (χ4v) is 5.67. The molecule has 3 heterocycles. The quantitative estimate of drug-likeness (QED) is 0.779. The second-order valence-electron chi connectivity index (χ2n) is 8.41. The van der Waals surface area contributed by atoms with E-state index in [9.17, 15) is 13.2 Å². The first-order valence-corrected chi connectivity index (χ1v) is 11.9. The van der Waals surface area contributed by atoms with Gasteiger partial charge in [-0.05, 0) is 57.7 Å². The first-order chi connectivity index (χ1) is 13.3. The molecule has 3 rings (SSSR count). The van der Waals surface area contributed by atoms with E-state index in [4.69, 9.17) is 0 Å². The molecule has 1 aromatic heterocycles. The Hall–Kier alpha value is -1.38. The van der Waals surface area contributed by atoms with Crippen LogP contribution in [0.4, 0.5) is 0 Å². The summed E-state index contributed by atoms with van der Waals surface area (Å²) in [7, 11) is -1.80. The van der Waals surface area contributed by atoms with Crippen LogP contribution >= 0.6 is 0 Å². The van der Waals surface area contributed by atoms with Crippen molar-refractivity contribution >= 4 is 15.9 Å². The molecule has 2 aliphatic rings. The van der Waals surface area contributed by atoms with Crippen LogP contribution < -0.4 is 5.32 Å². The summed E-state index contributed by atoms with van der Waals surface area (Å²) in [6.07, 6.45) is 6.82. The fourth-order valence-electron chi connectivity index (χ4n) is 4.08. The van der Waals surface area contributed by atoms with Crippen LogP contribution in [0.2, 0.25) is 0 Å². The molecule has 0 aliphatic carbocycles. The first kappa shape index (κ1) is 21.3. The third-order valence-corrected chi connectivity index (χ3v) is 8.03. The van der Waals surface area contributed by atoms with Crippen LogP contribution in [0.15, 0.2) is 17.2 Å². The van der Waals surface area contributed by atoms with E-state index >= 15 is 0 Å². The van der Waals surface area contributed by atoms with Gasteiger partial charge in [0, 0.05) is 38.9 Å². The SMILES string of the molecule is CC1CCN(C(C)CNC(=O)c2cc(S(=O)(=O)N3CCCCC3)cn2C)CC1. The molecule has 1 aromatic rings. The number of carbonyl (C=O) groups excluding carboxylic acids is 1. The Kier molecular flexibility index (Phi) is 6.83. The van der Waals surface area contributed by atoms with Crippen LogP contribution in [0, 0.1) is 5.92 Å². The maximum absolute atomic E-state index is 12.8. The first-order valence-electron chi connectivity index (χ1n) is 10.5. The van der Waals surface area contributed by atoms with Crippen molar-refractivity contribution in [2.24, 2.45) is 13.0 Å². The minimum Gasteiger partial charge on any atom is -0.349 e. The zero-order valence-electron chi connectivity index (χ0n) is 17.4. The Bertz CT molecular complexity index is 775. The summed E-state index contributed by atoms with van der Waals surface area (Å²) in [5, 5.41) is 2.98. The Labute approximate surface area is 169 Å². The highest BCUT2D eigenvalue weighted by Gasteiger charge is 2.28. The van der Waals surface area contributed by atoms with Gasteiger partial charge in [-0.25, -0.2) is 8.42 Å². The number of rotatable bonds is 6. The zero-order valence-corrected chi connectivity index (χ0v) is 18.2. The van der Waals surface area contributed by atoms with Gasteiger partial charge < -0.3 is 9.88 Å². The molecule has 0 aromatic carbocycles. The predicted octanol–water partition coefficient (Wildman–Crippen LogP) is 2.05. The van der Waals surface area contributed by atoms with Crippen molar-refractivity contribution in [3.63, 3.8) is 0 Å². The van der Waals surface area contributed by atoms with Crippen LogP contribution in [0.1, 0.15) is 56.4 Å². The van der Waals surface area contributed by atoms with Gasteiger partial charge in [0.15, 0.2) is 0 Å². The molecular weight excluding hydrogens is 376 g/mol. The second-order valence-corrected chi connectivity index (χ2v) is 10.4. The summed E-state index contributed by atoms with van der Waals surface area (Å²) < 4.78 is 28.8. The van der Waals surface area contributed by atoms with Crippen LogP contribution in [-0.4, -0.2) is 66.9 Å². The lowest BCUT2D eigenvalue weighted by molar-refractivity contribution is 0.0914. The Morgan fingerprint density at radius 1 is 1.18 bits per heavy atom. The van der Waals surface area contributed by atoms with Gasteiger partial charge in [-0.15, -0.1) is 0 Å². The number of piperidine rings is 2. The van der Waals surface area contributed by atoms with E-state index in [2.05, 4.69) is 24.1 Å². The van der Waals surface area contributed by atoms with Crippen LogP contribution in [-0.2, 0) is 17.1 Å². The lowest BCUT2D eigenvalue weighted by Gasteiger charge is -2.35. The van der Waals surface area contributed by atoms with Crippen LogP contribution in [0.25, 0.3) is 0 Å². The minimum atomic E-state index is -3.53.